The summed E-state index contributed by atoms with van der Waals surface area (Å²) in [6.45, 7) is 0.297. The number of fused-ring (bicyclic) bond motifs is 1. The first-order valence-electron chi connectivity index (χ1n) is 6.53. The molecule has 1 aromatic carbocycles. The maximum Gasteiger partial charge on any atom is 0.311 e. The number of nitrogens with zero attached hydrogens (tertiary/aromatic N) is 2. The number of non-ortho nitro benzene ring substituents is 1. The molecule has 0 unspecified atom stereocenters. The van der Waals surface area contributed by atoms with E-state index in [4.69, 9.17) is 5.11 Å². The van der Waals surface area contributed by atoms with Crippen LogP contribution in [0.2, 0.25) is 0 Å². The predicted molar refractivity (Wildman–Crippen MR) is 76.2 cm³/mol. The van der Waals surface area contributed by atoms with Crippen LogP contribution >= 0.6 is 0 Å². The number of nitrogens with one attached hydrogen (secondary N) is 1. The fourth-order valence-electron chi connectivity index (χ4n) is 2.34. The van der Waals surface area contributed by atoms with Crippen molar-refractivity contribution >= 4 is 28.2 Å². The Hall–Kier alpha value is -2.70. The largest absolute Gasteiger partial charge is 0.481 e. The van der Waals surface area contributed by atoms with Gasteiger partial charge in [-0.1, -0.05) is 0 Å². The first-order chi connectivity index (χ1) is 10.0. The lowest BCUT2D eigenvalue weighted by Crippen LogP contribution is -2.24. The van der Waals surface area contributed by atoms with Crippen LogP contribution in [0.15, 0.2) is 30.5 Å². The number of aliphatic carboxylic acids is 1. The summed E-state index contributed by atoms with van der Waals surface area (Å²) < 4.78 is 0. The maximum absolute atomic E-state index is 11.2. The molecule has 7 heteroatoms. The summed E-state index contributed by atoms with van der Waals surface area (Å²) in [6.07, 6.45) is 2.85. The second kappa shape index (κ2) is 4.69. The first-order valence-corrected chi connectivity index (χ1v) is 6.53. The van der Waals surface area contributed by atoms with E-state index in [1.807, 2.05) is 0 Å². The van der Waals surface area contributed by atoms with Crippen molar-refractivity contribution in [3.05, 3.63) is 40.6 Å². The van der Waals surface area contributed by atoms with E-state index in [1.165, 1.54) is 6.07 Å². The molecule has 2 aromatic rings. The summed E-state index contributed by atoms with van der Waals surface area (Å²) in [5.41, 5.74) is 0.378. The van der Waals surface area contributed by atoms with Gasteiger partial charge in [-0.2, -0.15) is 0 Å². The summed E-state index contributed by atoms with van der Waals surface area (Å²) in [7, 11) is 0. The van der Waals surface area contributed by atoms with Crippen LogP contribution in [-0.4, -0.2) is 27.5 Å². The molecule has 7 nitrogen and oxygen atoms in total. The van der Waals surface area contributed by atoms with E-state index in [2.05, 4.69) is 10.3 Å². The average molecular weight is 287 g/mol. The number of aromatic nitrogens is 1. The highest BCUT2D eigenvalue weighted by atomic mass is 16.6. The van der Waals surface area contributed by atoms with Crippen LogP contribution in [0.3, 0.4) is 0 Å². The van der Waals surface area contributed by atoms with Gasteiger partial charge in [0.25, 0.3) is 5.69 Å². The molecule has 0 radical (unpaired) electrons. The van der Waals surface area contributed by atoms with E-state index in [9.17, 15) is 14.9 Å². The normalized spacial score (nSPS) is 15.6. The van der Waals surface area contributed by atoms with Gasteiger partial charge in [-0.25, -0.2) is 0 Å². The van der Waals surface area contributed by atoms with E-state index in [0.29, 0.717) is 36.0 Å². The van der Waals surface area contributed by atoms with Crippen LogP contribution in [0.1, 0.15) is 12.8 Å². The Morgan fingerprint density at radius 1 is 1.43 bits per heavy atom. The number of anilines is 1. The van der Waals surface area contributed by atoms with Crippen molar-refractivity contribution in [1.82, 2.24) is 4.98 Å². The molecule has 1 heterocycles. The summed E-state index contributed by atoms with van der Waals surface area (Å²) in [5, 5.41) is 23.7. The molecule has 3 rings (SSSR count). The van der Waals surface area contributed by atoms with E-state index in [1.54, 1.807) is 24.4 Å². The molecular weight excluding hydrogens is 274 g/mol. The van der Waals surface area contributed by atoms with Crippen molar-refractivity contribution in [2.75, 3.05) is 11.9 Å². The van der Waals surface area contributed by atoms with Crippen molar-refractivity contribution in [2.24, 2.45) is 5.41 Å². The van der Waals surface area contributed by atoms with Crippen LogP contribution in [0.4, 0.5) is 11.4 Å². The Morgan fingerprint density at radius 2 is 2.19 bits per heavy atom. The van der Waals surface area contributed by atoms with Crippen molar-refractivity contribution in [2.45, 2.75) is 12.8 Å². The minimum atomic E-state index is -0.811. The molecule has 21 heavy (non-hydrogen) atoms. The van der Waals surface area contributed by atoms with Gasteiger partial charge in [-0.05, 0) is 31.0 Å². The zero-order valence-electron chi connectivity index (χ0n) is 11.1. The van der Waals surface area contributed by atoms with Crippen LogP contribution in [0, 0.1) is 15.5 Å². The SMILES string of the molecule is O=C(O)C1(CNc2ccc([N+](=O)[O-])c3cccnc23)CC1. The predicted octanol–water partition coefficient (Wildman–Crippen LogP) is 2.42. The highest BCUT2D eigenvalue weighted by Crippen LogP contribution is 2.46. The molecule has 0 amide bonds. The molecule has 1 aromatic heterocycles. The molecule has 0 spiro atoms. The molecule has 1 saturated carbocycles. The third-order valence-corrected chi connectivity index (χ3v) is 3.87. The molecule has 0 saturated heterocycles. The number of hydrogen-bond donors (Lipinski definition) is 2. The number of pyridine rings is 1. The lowest BCUT2D eigenvalue weighted by molar-refractivity contribution is -0.383. The van der Waals surface area contributed by atoms with E-state index < -0.39 is 16.3 Å². The van der Waals surface area contributed by atoms with Gasteiger partial charge in [0.2, 0.25) is 0 Å². The first kappa shape index (κ1) is 13.3. The number of nitro benzene ring substituents is 1. The third kappa shape index (κ3) is 2.26. The number of carboxylic acid groups (broad SMARTS) is 1. The number of carboxylic acids is 1. The van der Waals surface area contributed by atoms with E-state index in [-0.39, 0.29) is 5.69 Å². The summed E-state index contributed by atoms with van der Waals surface area (Å²) in [5.74, 6) is -0.811. The monoisotopic (exact) mass is 287 g/mol. The number of benzene rings is 1. The van der Waals surface area contributed by atoms with Crippen LogP contribution < -0.4 is 5.32 Å². The zero-order chi connectivity index (χ0) is 15.0. The molecular formula is C14H13N3O4. The number of nitro groups is 1. The van der Waals surface area contributed by atoms with Crippen molar-refractivity contribution in [3.63, 3.8) is 0 Å². The van der Waals surface area contributed by atoms with E-state index >= 15 is 0 Å². The lowest BCUT2D eigenvalue weighted by Gasteiger charge is -2.13. The summed E-state index contributed by atoms with van der Waals surface area (Å²) >= 11 is 0. The van der Waals surface area contributed by atoms with Gasteiger partial charge in [0.15, 0.2) is 0 Å². The van der Waals surface area contributed by atoms with E-state index in [0.717, 1.165) is 0 Å². The van der Waals surface area contributed by atoms with Gasteiger partial charge < -0.3 is 10.4 Å². The van der Waals surface area contributed by atoms with Gasteiger partial charge in [0.1, 0.15) is 5.52 Å². The van der Waals surface area contributed by atoms with Gasteiger partial charge in [-0.3, -0.25) is 19.9 Å². The Labute approximate surface area is 119 Å². The lowest BCUT2D eigenvalue weighted by atomic mass is 10.1. The standard InChI is InChI=1S/C14H13N3O4/c18-13(19)14(5-6-14)8-16-10-3-4-11(17(20)21)9-2-1-7-15-12(9)10/h1-4,7,16H,5-6,8H2,(H,18,19). The quantitative estimate of drug-likeness (QED) is 0.646. The molecule has 108 valence electrons. The smallest absolute Gasteiger partial charge is 0.311 e. The van der Waals surface area contributed by atoms with Crippen LogP contribution in [-0.2, 0) is 4.79 Å². The van der Waals surface area contributed by atoms with Crippen molar-refractivity contribution in [1.29, 1.82) is 0 Å². The Balaban J connectivity index is 1.95. The average Bonchev–Trinajstić information content (AvgIpc) is 3.25. The molecule has 1 aliphatic carbocycles. The number of hydrogen-bond acceptors (Lipinski definition) is 5. The van der Waals surface area contributed by atoms with Crippen LogP contribution in [0.5, 0.6) is 0 Å². The fourth-order valence-corrected chi connectivity index (χ4v) is 2.34. The second-order valence-corrected chi connectivity index (χ2v) is 5.23. The van der Waals surface area contributed by atoms with Gasteiger partial charge in [0, 0.05) is 18.8 Å². The number of rotatable bonds is 5. The zero-order valence-corrected chi connectivity index (χ0v) is 11.1. The van der Waals surface area contributed by atoms with Gasteiger partial charge in [-0.15, -0.1) is 0 Å². The molecule has 0 aliphatic heterocycles. The molecule has 1 aliphatic rings. The topological polar surface area (TPSA) is 105 Å². The van der Waals surface area contributed by atoms with Crippen LogP contribution in [0.25, 0.3) is 10.9 Å². The minimum absolute atomic E-state index is 0.0111. The Bertz CT molecular complexity index is 740. The molecule has 0 atom stereocenters. The minimum Gasteiger partial charge on any atom is -0.481 e. The van der Waals surface area contributed by atoms with Gasteiger partial charge >= 0.3 is 5.97 Å². The van der Waals surface area contributed by atoms with Gasteiger partial charge in [0.05, 0.1) is 21.4 Å². The van der Waals surface area contributed by atoms with Crippen molar-refractivity contribution < 1.29 is 14.8 Å². The molecule has 2 N–H and O–H groups in total. The highest BCUT2D eigenvalue weighted by Gasteiger charge is 2.50. The second-order valence-electron chi connectivity index (χ2n) is 5.23. The highest BCUT2D eigenvalue weighted by molar-refractivity contribution is 5.96. The number of carbonyl (C=O) groups is 1. The summed E-state index contributed by atoms with van der Waals surface area (Å²) in [6, 6.07) is 6.26. The fraction of sp³-hybridized carbons (Fsp3) is 0.286. The maximum atomic E-state index is 11.2. The Morgan fingerprint density at radius 3 is 2.81 bits per heavy atom. The molecule has 0 bridgehead atoms. The third-order valence-electron chi connectivity index (χ3n) is 3.87. The molecule has 1 fully saturated rings. The summed E-state index contributed by atoms with van der Waals surface area (Å²) in [4.78, 5) is 25.9. The Kier molecular flexibility index (Phi) is 2.97. The van der Waals surface area contributed by atoms with Crippen molar-refractivity contribution in [3.8, 4) is 0 Å².